The molecule has 5 aromatic carbocycles. The Morgan fingerprint density at radius 2 is 0.872 bits per heavy atom. The molecule has 14 N–H and O–H groups in total. The van der Waals surface area contributed by atoms with Crippen LogP contribution in [0.15, 0.2) is 133 Å². The van der Waals surface area contributed by atoms with E-state index in [4.69, 9.17) is 18.9 Å². The number of rotatable bonds is 34. The normalized spacial score (nSPS) is 22.3. The number of amides is 6. The zero-order valence-electron chi connectivity index (χ0n) is 51.7. The second-order valence-corrected chi connectivity index (χ2v) is 25.0. The van der Waals surface area contributed by atoms with Crippen LogP contribution in [-0.2, 0) is 47.7 Å². The van der Waals surface area contributed by atoms with Crippen molar-refractivity contribution in [2.75, 3.05) is 59.9 Å². The number of carbonyl (C=O) groups excluding carboxylic acids is 6. The molecule has 26 nitrogen and oxygen atoms in total. The van der Waals surface area contributed by atoms with Crippen LogP contribution in [-0.4, -0.2) is 210 Å². The van der Waals surface area contributed by atoms with Crippen molar-refractivity contribution in [2.45, 2.75) is 125 Å². The number of carbonyl (C=O) groups is 8. The Kier molecular flexibility index (Phi) is 27.9. The van der Waals surface area contributed by atoms with E-state index >= 15 is 0 Å². The predicted octanol–water partition coefficient (Wildman–Crippen LogP) is 3.13. The molecule has 2 saturated heterocycles. The van der Waals surface area contributed by atoms with Gasteiger partial charge in [0.2, 0.25) is 23.6 Å². The van der Waals surface area contributed by atoms with Gasteiger partial charge in [-0.25, -0.2) is 9.59 Å². The summed E-state index contributed by atoms with van der Waals surface area (Å²) in [6, 6.07) is 36.1. The van der Waals surface area contributed by atoms with Crippen LogP contribution in [0.2, 0.25) is 0 Å². The topological polar surface area (TPSA) is 408 Å². The van der Waals surface area contributed by atoms with E-state index in [9.17, 15) is 79.2 Å². The second-order valence-electron chi connectivity index (χ2n) is 22.5. The first-order valence-corrected chi connectivity index (χ1v) is 32.7. The molecule has 7 rings (SSSR count). The molecular weight excluding hydrogens is 1260 g/mol. The number of carboxylic acid groups (broad SMARTS) is 2. The molecule has 28 heteroatoms. The smallest absolute Gasteiger partial charge is 0.364 e. The van der Waals surface area contributed by atoms with Gasteiger partial charge in [-0.15, -0.1) is 0 Å². The molecule has 506 valence electrons. The molecule has 2 fully saturated rings. The van der Waals surface area contributed by atoms with Crippen molar-refractivity contribution >= 4 is 82.3 Å². The van der Waals surface area contributed by atoms with Crippen LogP contribution >= 0.6 is 23.5 Å². The lowest BCUT2D eigenvalue weighted by molar-refractivity contribution is -0.310. The Morgan fingerprint density at radius 1 is 0.511 bits per heavy atom. The quantitative estimate of drug-likeness (QED) is 0.0263. The standard InChI is InChI=1S/C66H80N6O20S2/c1-39(73)69-55-49(75)35-65(63(85)86,91-59(55)57(81)51(77)37-67-61(83)45-22-18-43(19-23-45)41-12-5-3-6-13-41)89-28-10-30-93-32-26-53(79)71-47-16-9-17-48(34-47)72-54(80)27-33-94-31-11-29-90-66(64(87)88)36-50(76)56(70-40(2)74)60(92-66)58(82)52(78)38-68-62(84)46-24-20-44(21-25-46)42-14-7-4-8-15-42/h3-9,12-25,34,49-52,55-60,75-78,81-82H,10-11,26-33,35-38H2,1-2H3,(H,67,83)(H,68,84)(H,69,73)(H,70,74)(H,71,79)(H,72,80)(H,85,86)(H,87,88)/t49-,50-,51+,52+,55+,56+,57+,58?,59+,60?,65+,66+/m0/s1. The third-order valence-corrected chi connectivity index (χ3v) is 17.5. The molecule has 2 heterocycles. The summed E-state index contributed by atoms with van der Waals surface area (Å²) in [7, 11) is 0. The maximum absolute atomic E-state index is 13.0. The van der Waals surface area contributed by atoms with Crippen LogP contribution in [0.25, 0.3) is 22.3 Å². The third kappa shape index (κ3) is 21.1. The van der Waals surface area contributed by atoms with Gasteiger partial charge in [-0.1, -0.05) is 91.0 Å². The first kappa shape index (κ1) is 73.6. The van der Waals surface area contributed by atoms with E-state index in [1.807, 2.05) is 60.7 Å². The number of ether oxygens (including phenoxy) is 4. The molecule has 6 amide bonds. The average Bonchev–Trinajstić information content (AvgIpc) is 0.777. The van der Waals surface area contributed by atoms with Gasteiger partial charge < -0.3 is 91.7 Å². The molecule has 0 radical (unpaired) electrons. The number of nitrogens with one attached hydrogen (secondary N) is 6. The molecular formula is C66H80N6O20S2. The maximum Gasteiger partial charge on any atom is 0.364 e. The predicted molar refractivity (Wildman–Crippen MR) is 348 cm³/mol. The lowest BCUT2D eigenvalue weighted by Crippen LogP contribution is -2.68. The van der Waals surface area contributed by atoms with E-state index in [1.165, 1.54) is 23.5 Å². The fourth-order valence-corrected chi connectivity index (χ4v) is 12.2. The van der Waals surface area contributed by atoms with Crippen molar-refractivity contribution < 1.29 is 98.2 Å². The van der Waals surface area contributed by atoms with Crippen molar-refractivity contribution in [1.29, 1.82) is 0 Å². The zero-order chi connectivity index (χ0) is 68.0. The first-order chi connectivity index (χ1) is 45.0. The van der Waals surface area contributed by atoms with Crippen LogP contribution < -0.4 is 31.9 Å². The molecule has 0 saturated carbocycles. The maximum atomic E-state index is 13.0. The third-order valence-electron chi connectivity index (χ3n) is 15.4. The Bertz CT molecular complexity index is 3130. The summed E-state index contributed by atoms with van der Waals surface area (Å²) >= 11 is 2.74. The highest BCUT2D eigenvalue weighted by Gasteiger charge is 2.57. The molecule has 0 bridgehead atoms. The number of hydrogen-bond acceptors (Lipinski definition) is 20. The summed E-state index contributed by atoms with van der Waals surface area (Å²) in [5.41, 5.74) is 4.98. The molecule has 5 aromatic rings. The van der Waals surface area contributed by atoms with Gasteiger partial charge in [0.25, 0.3) is 23.4 Å². The minimum absolute atomic E-state index is 0.0839. The summed E-state index contributed by atoms with van der Waals surface area (Å²) < 4.78 is 23.2. The van der Waals surface area contributed by atoms with Crippen LogP contribution in [0, 0.1) is 0 Å². The number of carboxylic acids is 2. The monoisotopic (exact) mass is 1340 g/mol. The summed E-state index contributed by atoms with van der Waals surface area (Å²) in [6.45, 7) is 0.853. The number of aliphatic hydroxyl groups is 6. The Balaban J connectivity index is 0.786. The van der Waals surface area contributed by atoms with Crippen molar-refractivity contribution in [3.63, 3.8) is 0 Å². The van der Waals surface area contributed by atoms with E-state index in [1.54, 1.807) is 72.8 Å². The number of benzene rings is 5. The van der Waals surface area contributed by atoms with Crippen molar-refractivity contribution in [2.24, 2.45) is 0 Å². The average molecular weight is 1340 g/mol. The van der Waals surface area contributed by atoms with E-state index < -0.39 is 134 Å². The SMILES string of the molecule is CC(=O)N[C@H]1[C@H]([C@H](O)[C@H](O)CNC(=O)c2ccc(-c3ccccc3)cc2)O[C@@](OCCCSCCC(=O)Nc2cccc(NC(=O)CCSCCCO[C@]3(C(=O)O)C[C@H](O)[C@@H](NC(C)=O)C(C(O)[C@H](O)CNC(=O)c4ccc(-c5ccccc5)cc4)O3)c2)(C(=O)O)C[C@@H]1O. The van der Waals surface area contributed by atoms with Crippen LogP contribution in [0.4, 0.5) is 11.4 Å². The van der Waals surface area contributed by atoms with E-state index in [0.717, 1.165) is 36.1 Å². The van der Waals surface area contributed by atoms with Gasteiger partial charge in [-0.2, -0.15) is 23.5 Å². The summed E-state index contributed by atoms with van der Waals surface area (Å²) in [6.07, 6.45) is -14.7. The lowest BCUT2D eigenvalue weighted by atomic mass is 9.88. The number of hydrogen-bond donors (Lipinski definition) is 14. The number of thioether (sulfide) groups is 2. The van der Waals surface area contributed by atoms with Gasteiger partial charge in [-0.3, -0.25) is 28.8 Å². The fraction of sp³-hybridized carbons (Fsp3) is 0.424. The van der Waals surface area contributed by atoms with Crippen molar-refractivity contribution in [3.8, 4) is 22.3 Å². The summed E-state index contributed by atoms with van der Waals surface area (Å²) in [5.74, 6) is -9.85. The highest BCUT2D eigenvalue weighted by atomic mass is 32.2. The molecule has 0 aromatic heterocycles. The van der Waals surface area contributed by atoms with Crippen LogP contribution in [0.5, 0.6) is 0 Å². The molecule has 0 spiro atoms. The summed E-state index contributed by atoms with van der Waals surface area (Å²) in [4.78, 5) is 102. The minimum Gasteiger partial charge on any atom is -0.477 e. The number of aliphatic hydroxyl groups excluding tert-OH is 6. The lowest BCUT2D eigenvalue weighted by Gasteiger charge is -2.46. The van der Waals surface area contributed by atoms with Gasteiger partial charge in [0.15, 0.2) is 0 Å². The Hall–Kier alpha value is -7.84. The van der Waals surface area contributed by atoms with Gasteiger partial charge in [-0.05, 0) is 89.1 Å². The minimum atomic E-state index is -2.51. The second kappa shape index (κ2) is 35.6. The van der Waals surface area contributed by atoms with Gasteiger partial charge in [0.1, 0.15) is 24.4 Å². The number of anilines is 2. The number of aliphatic carboxylic acids is 2. The first-order valence-electron chi connectivity index (χ1n) is 30.4. The van der Waals surface area contributed by atoms with Gasteiger partial charge >= 0.3 is 11.9 Å². The Labute approximate surface area is 550 Å². The Morgan fingerprint density at radius 3 is 1.22 bits per heavy atom. The fourth-order valence-electron chi connectivity index (χ4n) is 10.5. The highest BCUT2D eigenvalue weighted by Crippen LogP contribution is 2.36. The summed E-state index contributed by atoms with van der Waals surface area (Å²) in [5, 5.41) is 103. The van der Waals surface area contributed by atoms with Gasteiger partial charge in [0, 0.05) is 86.6 Å². The molecule has 2 unspecified atom stereocenters. The largest absolute Gasteiger partial charge is 0.477 e. The molecule has 2 aliphatic rings. The van der Waals surface area contributed by atoms with E-state index in [-0.39, 0.29) is 61.8 Å². The highest BCUT2D eigenvalue weighted by molar-refractivity contribution is 7.99. The van der Waals surface area contributed by atoms with Crippen LogP contribution in [0.3, 0.4) is 0 Å². The molecule has 12 atom stereocenters. The van der Waals surface area contributed by atoms with Crippen LogP contribution in [0.1, 0.15) is 73.1 Å². The molecule has 2 aliphatic heterocycles. The molecule has 0 aliphatic carbocycles. The zero-order valence-corrected chi connectivity index (χ0v) is 53.3. The van der Waals surface area contributed by atoms with E-state index in [2.05, 4.69) is 31.9 Å². The molecule has 94 heavy (non-hydrogen) atoms. The van der Waals surface area contributed by atoms with Crippen molar-refractivity contribution in [1.82, 2.24) is 21.3 Å². The van der Waals surface area contributed by atoms with Crippen molar-refractivity contribution in [3.05, 3.63) is 145 Å². The van der Waals surface area contributed by atoms with E-state index in [0.29, 0.717) is 34.4 Å². The van der Waals surface area contributed by atoms with Gasteiger partial charge in [0.05, 0.1) is 49.7 Å².